The SMILES string of the molecule is CC(C)(C)OC(=O)n1cnc(C2CO2)c1. The summed E-state index contributed by atoms with van der Waals surface area (Å²) in [5.41, 5.74) is 0.290. The summed E-state index contributed by atoms with van der Waals surface area (Å²) in [6.07, 6.45) is 2.74. The molecular weight excluding hydrogens is 196 g/mol. The van der Waals surface area contributed by atoms with Gasteiger partial charge in [-0.25, -0.2) is 14.3 Å². The van der Waals surface area contributed by atoms with Crippen molar-refractivity contribution < 1.29 is 14.3 Å². The van der Waals surface area contributed by atoms with Gasteiger partial charge in [0.15, 0.2) is 0 Å². The van der Waals surface area contributed by atoms with Gasteiger partial charge in [0.1, 0.15) is 18.0 Å². The standard InChI is InChI=1S/C10H14N2O3/c1-10(2,3)15-9(13)12-4-7(11-6-12)8-5-14-8/h4,6,8H,5H2,1-3H3. The third-order valence-electron chi connectivity index (χ3n) is 1.87. The summed E-state index contributed by atoms with van der Waals surface area (Å²) in [5.74, 6) is 0. The predicted octanol–water partition coefficient (Wildman–Crippen LogP) is 1.74. The molecule has 5 heteroatoms. The molecule has 0 aliphatic carbocycles. The zero-order valence-corrected chi connectivity index (χ0v) is 9.06. The lowest BCUT2D eigenvalue weighted by Crippen LogP contribution is -2.26. The van der Waals surface area contributed by atoms with Crippen LogP contribution in [0.5, 0.6) is 0 Å². The molecule has 1 aliphatic heterocycles. The average Bonchev–Trinajstić information content (AvgIpc) is 2.81. The molecule has 15 heavy (non-hydrogen) atoms. The Labute approximate surface area is 88.0 Å². The quantitative estimate of drug-likeness (QED) is 0.662. The first-order chi connectivity index (χ1) is 6.96. The van der Waals surface area contributed by atoms with E-state index < -0.39 is 11.7 Å². The van der Waals surface area contributed by atoms with Gasteiger partial charge in [-0.15, -0.1) is 0 Å². The number of hydrogen-bond donors (Lipinski definition) is 0. The van der Waals surface area contributed by atoms with Gasteiger partial charge in [0.05, 0.1) is 12.3 Å². The van der Waals surface area contributed by atoms with Crippen LogP contribution in [0.3, 0.4) is 0 Å². The van der Waals surface area contributed by atoms with Crippen LogP contribution in [0.15, 0.2) is 12.5 Å². The molecule has 82 valence electrons. The average molecular weight is 210 g/mol. The topological polar surface area (TPSA) is 56.7 Å². The summed E-state index contributed by atoms with van der Waals surface area (Å²) in [4.78, 5) is 15.6. The summed E-state index contributed by atoms with van der Waals surface area (Å²) >= 11 is 0. The van der Waals surface area contributed by atoms with E-state index in [9.17, 15) is 4.79 Å². The van der Waals surface area contributed by atoms with Crippen LogP contribution < -0.4 is 0 Å². The molecule has 0 amide bonds. The molecule has 0 bridgehead atoms. The van der Waals surface area contributed by atoms with Crippen LogP contribution in [0.1, 0.15) is 32.6 Å². The van der Waals surface area contributed by atoms with Crippen molar-refractivity contribution in [1.29, 1.82) is 0 Å². The molecule has 5 nitrogen and oxygen atoms in total. The lowest BCUT2D eigenvalue weighted by Gasteiger charge is -2.18. The maximum absolute atomic E-state index is 11.6. The van der Waals surface area contributed by atoms with E-state index in [4.69, 9.17) is 9.47 Å². The van der Waals surface area contributed by atoms with Crippen LogP contribution in [0.4, 0.5) is 4.79 Å². The Morgan fingerprint density at radius 2 is 2.33 bits per heavy atom. The van der Waals surface area contributed by atoms with Crippen molar-refractivity contribution in [2.45, 2.75) is 32.5 Å². The van der Waals surface area contributed by atoms with Gasteiger partial charge in [0.2, 0.25) is 0 Å². The first kappa shape index (κ1) is 10.2. The molecular formula is C10H14N2O3. The zero-order valence-electron chi connectivity index (χ0n) is 9.06. The van der Waals surface area contributed by atoms with Gasteiger partial charge in [-0.3, -0.25) is 0 Å². The molecule has 1 saturated heterocycles. The number of ether oxygens (including phenoxy) is 2. The lowest BCUT2D eigenvalue weighted by atomic mass is 10.2. The lowest BCUT2D eigenvalue weighted by molar-refractivity contribution is 0.0536. The van der Waals surface area contributed by atoms with E-state index >= 15 is 0 Å². The second-order valence-electron chi connectivity index (χ2n) is 4.51. The minimum atomic E-state index is -0.488. The van der Waals surface area contributed by atoms with Crippen molar-refractivity contribution in [1.82, 2.24) is 9.55 Å². The van der Waals surface area contributed by atoms with Gasteiger partial charge < -0.3 is 9.47 Å². The minimum Gasteiger partial charge on any atom is -0.443 e. The van der Waals surface area contributed by atoms with Crippen LogP contribution in [-0.4, -0.2) is 27.9 Å². The number of rotatable bonds is 1. The highest BCUT2D eigenvalue weighted by Crippen LogP contribution is 2.27. The highest BCUT2D eigenvalue weighted by Gasteiger charge is 2.28. The number of carbonyl (C=O) groups excluding carboxylic acids is 1. The Balaban J connectivity index is 2.05. The third-order valence-corrected chi connectivity index (χ3v) is 1.87. The number of hydrogen-bond acceptors (Lipinski definition) is 4. The van der Waals surface area contributed by atoms with Crippen molar-refractivity contribution in [3.05, 3.63) is 18.2 Å². The molecule has 1 aliphatic rings. The van der Waals surface area contributed by atoms with Crippen LogP contribution in [0, 0.1) is 0 Å². The number of epoxide rings is 1. The second-order valence-corrected chi connectivity index (χ2v) is 4.51. The van der Waals surface area contributed by atoms with Crippen molar-refractivity contribution in [2.75, 3.05) is 6.61 Å². The highest BCUT2D eigenvalue weighted by molar-refractivity contribution is 5.70. The molecule has 2 heterocycles. The molecule has 0 spiro atoms. The first-order valence-corrected chi connectivity index (χ1v) is 4.84. The summed E-state index contributed by atoms with van der Waals surface area (Å²) in [7, 11) is 0. The van der Waals surface area contributed by atoms with Crippen LogP contribution in [-0.2, 0) is 9.47 Å². The molecule has 0 saturated carbocycles. The van der Waals surface area contributed by atoms with Gasteiger partial charge in [-0.05, 0) is 20.8 Å². The second kappa shape index (κ2) is 3.34. The highest BCUT2D eigenvalue weighted by atomic mass is 16.6. The summed E-state index contributed by atoms with van der Waals surface area (Å²) in [5, 5.41) is 0. The van der Waals surface area contributed by atoms with Crippen LogP contribution >= 0.6 is 0 Å². The number of carbonyl (C=O) groups is 1. The molecule has 0 N–H and O–H groups in total. The van der Waals surface area contributed by atoms with E-state index in [0.29, 0.717) is 6.61 Å². The molecule has 1 atom stereocenters. The Morgan fingerprint density at radius 1 is 1.67 bits per heavy atom. The van der Waals surface area contributed by atoms with Crippen LogP contribution in [0.2, 0.25) is 0 Å². The smallest absolute Gasteiger partial charge is 0.419 e. The fourth-order valence-corrected chi connectivity index (χ4v) is 1.14. The zero-order chi connectivity index (χ0) is 11.1. The van der Waals surface area contributed by atoms with Gasteiger partial charge in [0.25, 0.3) is 0 Å². The van der Waals surface area contributed by atoms with Crippen molar-refractivity contribution >= 4 is 6.09 Å². The monoisotopic (exact) mass is 210 g/mol. The van der Waals surface area contributed by atoms with E-state index in [1.807, 2.05) is 20.8 Å². The van der Waals surface area contributed by atoms with Crippen molar-refractivity contribution in [2.24, 2.45) is 0 Å². The fourth-order valence-electron chi connectivity index (χ4n) is 1.14. The molecule has 2 rings (SSSR count). The van der Waals surface area contributed by atoms with Gasteiger partial charge >= 0.3 is 6.09 Å². The molecule has 1 fully saturated rings. The van der Waals surface area contributed by atoms with Crippen LogP contribution in [0.25, 0.3) is 0 Å². The third kappa shape index (κ3) is 2.56. The van der Waals surface area contributed by atoms with E-state index in [0.717, 1.165) is 5.69 Å². The molecule has 1 aromatic rings. The van der Waals surface area contributed by atoms with E-state index in [1.165, 1.54) is 10.9 Å². The molecule has 1 unspecified atom stereocenters. The maximum Gasteiger partial charge on any atom is 0.419 e. The predicted molar refractivity (Wildman–Crippen MR) is 52.6 cm³/mol. The van der Waals surface area contributed by atoms with Gasteiger partial charge in [0, 0.05) is 6.20 Å². The van der Waals surface area contributed by atoms with E-state index in [2.05, 4.69) is 4.98 Å². The normalized spacial score (nSPS) is 20.1. The molecule has 0 aromatic carbocycles. The molecule has 1 aromatic heterocycles. The first-order valence-electron chi connectivity index (χ1n) is 4.84. The summed E-state index contributed by atoms with van der Waals surface area (Å²) < 4.78 is 11.6. The Kier molecular flexibility index (Phi) is 2.26. The number of nitrogens with zero attached hydrogens (tertiary/aromatic N) is 2. The van der Waals surface area contributed by atoms with Crippen molar-refractivity contribution in [3.63, 3.8) is 0 Å². The Morgan fingerprint density at radius 3 is 2.87 bits per heavy atom. The maximum atomic E-state index is 11.6. The van der Waals surface area contributed by atoms with Crippen molar-refractivity contribution in [3.8, 4) is 0 Å². The number of imidazole rings is 1. The largest absolute Gasteiger partial charge is 0.443 e. The Bertz CT molecular complexity index is 374. The number of aromatic nitrogens is 2. The molecule has 0 radical (unpaired) electrons. The van der Waals surface area contributed by atoms with Gasteiger partial charge in [-0.2, -0.15) is 0 Å². The van der Waals surface area contributed by atoms with E-state index in [-0.39, 0.29) is 6.10 Å². The summed E-state index contributed by atoms with van der Waals surface area (Å²) in [6.45, 7) is 6.16. The Hall–Kier alpha value is -1.36. The minimum absolute atomic E-state index is 0.0636. The van der Waals surface area contributed by atoms with Gasteiger partial charge in [-0.1, -0.05) is 0 Å². The summed E-state index contributed by atoms with van der Waals surface area (Å²) in [6, 6.07) is 0. The fraction of sp³-hybridized carbons (Fsp3) is 0.600. The van der Waals surface area contributed by atoms with E-state index in [1.54, 1.807) is 6.20 Å².